The molecule has 0 amide bonds. The molecule has 1 aromatic heterocycles. The Morgan fingerprint density at radius 1 is 1.21 bits per heavy atom. The van der Waals surface area contributed by atoms with Gasteiger partial charge in [-0.2, -0.15) is 0 Å². The molecule has 3 N–H and O–H groups in total. The molecule has 0 radical (unpaired) electrons. The maximum Gasteiger partial charge on any atom is 0.332 e. The Labute approximate surface area is 140 Å². The zero-order valence-electron chi connectivity index (χ0n) is 14.5. The molecule has 24 heavy (non-hydrogen) atoms. The normalized spacial score (nSPS) is 11.5. The van der Waals surface area contributed by atoms with Crippen molar-refractivity contribution in [3.8, 4) is 0 Å². The smallest absolute Gasteiger partial charge is 0.332 e. The van der Waals surface area contributed by atoms with Crippen LogP contribution in [0.5, 0.6) is 0 Å². The highest BCUT2D eigenvalue weighted by atomic mass is 16.3. The van der Waals surface area contributed by atoms with Crippen molar-refractivity contribution in [1.29, 1.82) is 0 Å². The molecule has 0 spiro atoms. The molecule has 0 bridgehead atoms. The van der Waals surface area contributed by atoms with Crippen molar-refractivity contribution in [3.05, 3.63) is 56.7 Å². The second-order valence-corrected chi connectivity index (χ2v) is 6.62. The SMILES string of the molecule is CN(CC(C)(C)O)c1c(N)n(Cc2ccccc2)c(=O)n(C)c1=O. The van der Waals surface area contributed by atoms with Crippen LogP contribution in [0.4, 0.5) is 11.5 Å². The number of hydrogen-bond acceptors (Lipinski definition) is 5. The van der Waals surface area contributed by atoms with Gasteiger partial charge in [-0.3, -0.25) is 13.9 Å². The predicted molar refractivity (Wildman–Crippen MR) is 95.5 cm³/mol. The van der Waals surface area contributed by atoms with Crippen molar-refractivity contribution in [2.75, 3.05) is 24.2 Å². The van der Waals surface area contributed by atoms with Crippen LogP contribution >= 0.6 is 0 Å². The van der Waals surface area contributed by atoms with Gasteiger partial charge < -0.3 is 15.7 Å². The van der Waals surface area contributed by atoms with Gasteiger partial charge in [0, 0.05) is 20.6 Å². The minimum absolute atomic E-state index is 0.0960. The third kappa shape index (κ3) is 3.68. The first-order valence-corrected chi connectivity index (χ1v) is 7.68. The highest BCUT2D eigenvalue weighted by Gasteiger charge is 2.23. The van der Waals surface area contributed by atoms with Gasteiger partial charge >= 0.3 is 5.69 Å². The minimum Gasteiger partial charge on any atom is -0.389 e. The summed E-state index contributed by atoms with van der Waals surface area (Å²) in [7, 11) is 3.09. The topological polar surface area (TPSA) is 93.5 Å². The minimum atomic E-state index is -1.01. The van der Waals surface area contributed by atoms with Gasteiger partial charge in [0.15, 0.2) is 0 Å². The van der Waals surface area contributed by atoms with Crippen LogP contribution in [0.2, 0.25) is 0 Å². The summed E-state index contributed by atoms with van der Waals surface area (Å²) >= 11 is 0. The second-order valence-electron chi connectivity index (χ2n) is 6.62. The van der Waals surface area contributed by atoms with E-state index < -0.39 is 16.9 Å². The number of aliphatic hydroxyl groups is 1. The maximum atomic E-state index is 12.5. The standard InChI is InChI=1S/C17H24N4O3/c1-17(2,24)11-19(3)13-14(18)21(16(23)20(4)15(13)22)10-12-8-6-5-7-9-12/h5-9,24H,10-11,18H2,1-4H3. The van der Waals surface area contributed by atoms with E-state index in [9.17, 15) is 14.7 Å². The largest absolute Gasteiger partial charge is 0.389 e. The fourth-order valence-electron chi connectivity index (χ4n) is 2.70. The number of hydrogen-bond donors (Lipinski definition) is 2. The van der Waals surface area contributed by atoms with Crippen molar-refractivity contribution < 1.29 is 5.11 Å². The number of nitrogen functional groups attached to an aromatic ring is 1. The molecule has 130 valence electrons. The summed E-state index contributed by atoms with van der Waals surface area (Å²) in [6, 6.07) is 9.41. The third-order valence-electron chi connectivity index (χ3n) is 3.75. The van der Waals surface area contributed by atoms with E-state index in [0.29, 0.717) is 0 Å². The number of benzene rings is 1. The van der Waals surface area contributed by atoms with Crippen molar-refractivity contribution in [2.45, 2.75) is 26.0 Å². The summed E-state index contributed by atoms with van der Waals surface area (Å²) in [4.78, 5) is 26.5. The van der Waals surface area contributed by atoms with Crippen LogP contribution in [0.1, 0.15) is 19.4 Å². The first-order chi connectivity index (χ1) is 11.1. The Morgan fingerprint density at radius 2 is 1.79 bits per heavy atom. The average Bonchev–Trinajstić information content (AvgIpc) is 2.49. The number of nitrogens with two attached hydrogens (primary N) is 1. The summed E-state index contributed by atoms with van der Waals surface area (Å²) in [5.74, 6) is 0.0960. The lowest BCUT2D eigenvalue weighted by molar-refractivity contribution is 0.0885. The molecule has 0 fully saturated rings. The Hall–Kier alpha value is -2.54. The van der Waals surface area contributed by atoms with Crippen LogP contribution < -0.4 is 21.9 Å². The monoisotopic (exact) mass is 332 g/mol. The van der Waals surface area contributed by atoms with Crippen molar-refractivity contribution in [3.63, 3.8) is 0 Å². The zero-order valence-corrected chi connectivity index (χ0v) is 14.5. The fraction of sp³-hybridized carbons (Fsp3) is 0.412. The number of nitrogens with zero attached hydrogens (tertiary/aromatic N) is 3. The molecule has 2 rings (SSSR count). The molecule has 7 heteroatoms. The van der Waals surface area contributed by atoms with Crippen LogP contribution in [0, 0.1) is 0 Å². The van der Waals surface area contributed by atoms with Gasteiger partial charge in [0.2, 0.25) is 0 Å². The summed E-state index contributed by atoms with van der Waals surface area (Å²) in [6.07, 6.45) is 0. The van der Waals surface area contributed by atoms with Gasteiger partial charge in [0.1, 0.15) is 11.5 Å². The molecular formula is C17H24N4O3. The van der Waals surface area contributed by atoms with Gasteiger partial charge in [-0.25, -0.2) is 4.79 Å². The van der Waals surface area contributed by atoms with Gasteiger partial charge in [-0.05, 0) is 19.4 Å². The van der Waals surface area contributed by atoms with Crippen LogP contribution in [0.15, 0.2) is 39.9 Å². The first kappa shape index (κ1) is 17.8. The lowest BCUT2D eigenvalue weighted by Gasteiger charge is -2.28. The highest BCUT2D eigenvalue weighted by Crippen LogP contribution is 2.18. The van der Waals surface area contributed by atoms with Crippen molar-refractivity contribution >= 4 is 11.5 Å². The molecule has 0 saturated carbocycles. The van der Waals surface area contributed by atoms with Crippen molar-refractivity contribution in [1.82, 2.24) is 9.13 Å². The van der Waals surface area contributed by atoms with Gasteiger partial charge in [0.25, 0.3) is 5.56 Å². The molecule has 1 aromatic carbocycles. The predicted octanol–water partition coefficient (Wildman–Crippen LogP) is 0.385. The summed E-state index contributed by atoms with van der Waals surface area (Å²) < 4.78 is 2.41. The number of likely N-dealkylation sites (N-methyl/N-ethyl adjacent to an activating group) is 1. The molecule has 7 nitrogen and oxygen atoms in total. The summed E-state index contributed by atoms with van der Waals surface area (Å²) in [6.45, 7) is 3.76. The van der Waals surface area contributed by atoms with Crippen LogP contribution in [-0.4, -0.2) is 33.4 Å². The molecule has 0 atom stereocenters. The summed E-state index contributed by atoms with van der Waals surface area (Å²) in [5, 5.41) is 10.00. The van der Waals surface area contributed by atoms with E-state index in [1.54, 1.807) is 25.8 Å². The third-order valence-corrected chi connectivity index (χ3v) is 3.75. The van der Waals surface area contributed by atoms with E-state index in [4.69, 9.17) is 5.73 Å². The lowest BCUT2D eigenvalue weighted by Crippen LogP contribution is -2.45. The van der Waals surface area contributed by atoms with Crippen LogP contribution in [0.3, 0.4) is 0 Å². The quantitative estimate of drug-likeness (QED) is 0.826. The molecular weight excluding hydrogens is 308 g/mol. The van der Waals surface area contributed by atoms with Crippen molar-refractivity contribution in [2.24, 2.45) is 7.05 Å². The fourth-order valence-corrected chi connectivity index (χ4v) is 2.70. The summed E-state index contributed by atoms with van der Waals surface area (Å²) in [5.41, 5.74) is 5.30. The van der Waals surface area contributed by atoms with E-state index in [1.165, 1.54) is 11.6 Å². The number of anilines is 2. The van der Waals surface area contributed by atoms with Gasteiger partial charge in [-0.1, -0.05) is 30.3 Å². The Morgan fingerprint density at radius 3 is 2.33 bits per heavy atom. The first-order valence-electron chi connectivity index (χ1n) is 7.68. The maximum absolute atomic E-state index is 12.5. The average molecular weight is 332 g/mol. The Balaban J connectivity index is 2.57. The van der Waals surface area contributed by atoms with Crippen LogP contribution in [0.25, 0.3) is 0 Å². The molecule has 0 aliphatic carbocycles. The molecule has 0 aliphatic heterocycles. The second kappa shape index (κ2) is 6.52. The van der Waals surface area contributed by atoms with Crippen LogP contribution in [-0.2, 0) is 13.6 Å². The Kier molecular flexibility index (Phi) is 4.84. The Bertz CT molecular complexity index is 832. The van der Waals surface area contributed by atoms with Gasteiger partial charge in [0.05, 0.1) is 12.1 Å². The van der Waals surface area contributed by atoms with E-state index in [2.05, 4.69) is 0 Å². The number of rotatable bonds is 5. The van der Waals surface area contributed by atoms with E-state index in [-0.39, 0.29) is 24.6 Å². The number of aromatic nitrogens is 2. The molecule has 1 heterocycles. The molecule has 0 saturated heterocycles. The zero-order chi connectivity index (χ0) is 18.1. The van der Waals surface area contributed by atoms with E-state index in [0.717, 1.165) is 10.1 Å². The van der Waals surface area contributed by atoms with E-state index in [1.807, 2.05) is 30.3 Å². The van der Waals surface area contributed by atoms with E-state index >= 15 is 0 Å². The molecule has 2 aromatic rings. The highest BCUT2D eigenvalue weighted by molar-refractivity contribution is 5.62. The van der Waals surface area contributed by atoms with Gasteiger partial charge in [-0.15, -0.1) is 0 Å². The molecule has 0 unspecified atom stereocenters. The lowest BCUT2D eigenvalue weighted by atomic mass is 10.1. The molecule has 0 aliphatic rings.